The first-order valence-electron chi connectivity index (χ1n) is 5.00. The van der Waals surface area contributed by atoms with Gasteiger partial charge in [-0.05, 0) is 23.9 Å². The highest BCUT2D eigenvalue weighted by Gasteiger charge is 2.25. The van der Waals surface area contributed by atoms with Gasteiger partial charge < -0.3 is 0 Å². The van der Waals surface area contributed by atoms with E-state index in [0.717, 1.165) is 0 Å². The van der Waals surface area contributed by atoms with Gasteiger partial charge in [0, 0.05) is 10.3 Å². The normalized spacial score (nSPS) is 14.5. The molecule has 15 heavy (non-hydrogen) atoms. The molecule has 0 amide bonds. The molecule has 2 rings (SSSR count). The molecular formula is C14H14S. The Morgan fingerprint density at radius 1 is 1.13 bits per heavy atom. The highest BCUT2D eigenvalue weighted by Crippen LogP contribution is 2.35. The van der Waals surface area contributed by atoms with E-state index in [9.17, 15) is 0 Å². The summed E-state index contributed by atoms with van der Waals surface area (Å²) in [5, 5.41) is 2.11. The topological polar surface area (TPSA) is 0 Å². The van der Waals surface area contributed by atoms with Gasteiger partial charge in [0.2, 0.25) is 0 Å². The average Bonchev–Trinajstić information content (AvgIpc) is 2.83. The molecule has 0 spiro atoms. The fourth-order valence-corrected chi connectivity index (χ4v) is 2.63. The highest BCUT2D eigenvalue weighted by atomic mass is 32.1. The molecule has 0 aliphatic rings. The SMILES string of the molecule is C=C[C@@](C)(c1ccccc1)c1cccs1. The third kappa shape index (κ3) is 1.75. The lowest BCUT2D eigenvalue weighted by Gasteiger charge is -2.25. The Labute approximate surface area is 94.9 Å². The van der Waals surface area contributed by atoms with Crippen LogP contribution in [0, 0.1) is 0 Å². The van der Waals surface area contributed by atoms with Crippen LogP contribution in [0.5, 0.6) is 0 Å². The molecule has 0 aliphatic heterocycles. The van der Waals surface area contributed by atoms with Gasteiger partial charge in [-0.25, -0.2) is 0 Å². The molecule has 0 fully saturated rings. The summed E-state index contributed by atoms with van der Waals surface area (Å²) < 4.78 is 0. The van der Waals surface area contributed by atoms with E-state index >= 15 is 0 Å². The van der Waals surface area contributed by atoms with E-state index in [4.69, 9.17) is 0 Å². The molecule has 0 aliphatic carbocycles. The maximum atomic E-state index is 3.97. The molecule has 1 aromatic carbocycles. The smallest absolute Gasteiger partial charge is 0.0444 e. The summed E-state index contributed by atoms with van der Waals surface area (Å²) in [7, 11) is 0. The average molecular weight is 214 g/mol. The zero-order valence-corrected chi connectivity index (χ0v) is 9.63. The minimum absolute atomic E-state index is 0.0601. The Morgan fingerprint density at radius 3 is 2.40 bits per heavy atom. The number of thiophene rings is 1. The monoisotopic (exact) mass is 214 g/mol. The molecule has 0 bridgehead atoms. The van der Waals surface area contributed by atoms with Crippen LogP contribution in [-0.4, -0.2) is 0 Å². The molecule has 1 aromatic heterocycles. The Balaban J connectivity index is 2.52. The number of hydrogen-bond acceptors (Lipinski definition) is 1. The predicted molar refractivity (Wildman–Crippen MR) is 67.4 cm³/mol. The van der Waals surface area contributed by atoms with Gasteiger partial charge in [0.25, 0.3) is 0 Å². The third-order valence-corrected chi connectivity index (χ3v) is 3.92. The van der Waals surface area contributed by atoms with Gasteiger partial charge in [0.1, 0.15) is 0 Å². The molecule has 0 radical (unpaired) electrons. The molecule has 0 saturated heterocycles. The van der Waals surface area contributed by atoms with Crippen molar-refractivity contribution >= 4 is 11.3 Å². The Hall–Kier alpha value is -1.34. The van der Waals surface area contributed by atoms with Gasteiger partial charge in [0.05, 0.1) is 0 Å². The van der Waals surface area contributed by atoms with Crippen molar-refractivity contribution < 1.29 is 0 Å². The number of benzene rings is 1. The van der Waals surface area contributed by atoms with E-state index in [1.165, 1.54) is 10.4 Å². The summed E-state index contributed by atoms with van der Waals surface area (Å²) in [5.41, 5.74) is 1.23. The maximum absolute atomic E-state index is 3.97. The summed E-state index contributed by atoms with van der Waals surface area (Å²) in [6.07, 6.45) is 2.02. The van der Waals surface area contributed by atoms with Crippen LogP contribution in [0.2, 0.25) is 0 Å². The van der Waals surface area contributed by atoms with Crippen molar-refractivity contribution in [3.8, 4) is 0 Å². The van der Waals surface area contributed by atoms with Crippen LogP contribution < -0.4 is 0 Å². The minimum atomic E-state index is -0.0601. The van der Waals surface area contributed by atoms with Crippen LogP contribution in [0.25, 0.3) is 0 Å². The van der Waals surface area contributed by atoms with Gasteiger partial charge >= 0.3 is 0 Å². The van der Waals surface area contributed by atoms with Gasteiger partial charge in [-0.1, -0.05) is 42.5 Å². The van der Waals surface area contributed by atoms with E-state index in [1.54, 1.807) is 11.3 Å². The Kier molecular flexibility index (Phi) is 2.74. The van der Waals surface area contributed by atoms with E-state index in [1.807, 2.05) is 12.1 Å². The van der Waals surface area contributed by atoms with Crippen molar-refractivity contribution in [3.05, 3.63) is 70.9 Å². The van der Waals surface area contributed by atoms with Crippen molar-refractivity contribution in [2.75, 3.05) is 0 Å². The van der Waals surface area contributed by atoms with E-state index < -0.39 is 0 Å². The lowest BCUT2D eigenvalue weighted by molar-refractivity contribution is 0.744. The summed E-state index contributed by atoms with van der Waals surface area (Å²) in [6.45, 7) is 6.18. The number of hydrogen-bond donors (Lipinski definition) is 0. The van der Waals surface area contributed by atoms with E-state index in [-0.39, 0.29) is 5.41 Å². The standard InChI is InChI=1S/C14H14S/c1-3-14(2,13-10-7-11-15-13)12-8-5-4-6-9-12/h3-11H,1H2,2H3/t14-/m0/s1. The molecular weight excluding hydrogens is 200 g/mol. The quantitative estimate of drug-likeness (QED) is 0.670. The van der Waals surface area contributed by atoms with Crippen molar-refractivity contribution in [3.63, 3.8) is 0 Å². The van der Waals surface area contributed by atoms with Crippen molar-refractivity contribution in [2.24, 2.45) is 0 Å². The molecule has 0 N–H and O–H groups in total. The van der Waals surface area contributed by atoms with Crippen LogP contribution in [0.4, 0.5) is 0 Å². The van der Waals surface area contributed by atoms with Crippen LogP contribution in [0.15, 0.2) is 60.5 Å². The summed E-state index contributed by atoms with van der Waals surface area (Å²) >= 11 is 1.78. The number of rotatable bonds is 3. The van der Waals surface area contributed by atoms with Gasteiger partial charge in [-0.3, -0.25) is 0 Å². The zero-order valence-electron chi connectivity index (χ0n) is 8.81. The Bertz CT molecular complexity index is 428. The second-order valence-electron chi connectivity index (χ2n) is 3.75. The molecule has 1 atom stereocenters. The van der Waals surface area contributed by atoms with Gasteiger partial charge in [-0.2, -0.15) is 0 Å². The van der Waals surface area contributed by atoms with Crippen molar-refractivity contribution in [2.45, 2.75) is 12.3 Å². The van der Waals surface area contributed by atoms with Crippen molar-refractivity contribution in [1.29, 1.82) is 0 Å². The van der Waals surface area contributed by atoms with Crippen LogP contribution in [-0.2, 0) is 5.41 Å². The maximum Gasteiger partial charge on any atom is 0.0444 e. The number of allylic oxidation sites excluding steroid dienone is 1. The molecule has 2 aromatic rings. The van der Waals surface area contributed by atoms with Gasteiger partial charge in [-0.15, -0.1) is 17.9 Å². The fraction of sp³-hybridized carbons (Fsp3) is 0.143. The molecule has 1 heterocycles. The van der Waals surface area contributed by atoms with Crippen LogP contribution >= 0.6 is 11.3 Å². The third-order valence-electron chi connectivity index (χ3n) is 2.81. The summed E-state index contributed by atoms with van der Waals surface area (Å²) in [4.78, 5) is 1.34. The largest absolute Gasteiger partial charge is 0.148 e. The molecule has 0 nitrogen and oxygen atoms in total. The fourth-order valence-electron chi connectivity index (χ4n) is 1.72. The molecule has 0 unspecified atom stereocenters. The highest BCUT2D eigenvalue weighted by molar-refractivity contribution is 7.10. The molecule has 76 valence electrons. The van der Waals surface area contributed by atoms with Crippen LogP contribution in [0.3, 0.4) is 0 Å². The summed E-state index contributed by atoms with van der Waals surface area (Å²) in [6, 6.07) is 14.8. The second kappa shape index (κ2) is 4.03. The lowest BCUT2D eigenvalue weighted by atomic mass is 9.81. The first kappa shape index (κ1) is 10.2. The van der Waals surface area contributed by atoms with E-state index in [2.05, 4.69) is 55.3 Å². The minimum Gasteiger partial charge on any atom is -0.148 e. The Morgan fingerprint density at radius 2 is 1.87 bits per heavy atom. The first-order chi connectivity index (χ1) is 7.27. The first-order valence-corrected chi connectivity index (χ1v) is 5.88. The zero-order chi connectivity index (χ0) is 10.7. The predicted octanol–water partition coefficient (Wildman–Crippen LogP) is 4.24. The van der Waals surface area contributed by atoms with E-state index in [0.29, 0.717) is 0 Å². The molecule has 0 saturated carbocycles. The molecule has 1 heteroatoms. The lowest BCUT2D eigenvalue weighted by Crippen LogP contribution is -2.18. The van der Waals surface area contributed by atoms with Crippen molar-refractivity contribution in [1.82, 2.24) is 0 Å². The second-order valence-corrected chi connectivity index (χ2v) is 4.70. The van der Waals surface area contributed by atoms with Crippen LogP contribution in [0.1, 0.15) is 17.4 Å². The van der Waals surface area contributed by atoms with Gasteiger partial charge in [0.15, 0.2) is 0 Å². The summed E-state index contributed by atoms with van der Waals surface area (Å²) in [5.74, 6) is 0.